The Morgan fingerprint density at radius 3 is 2.64 bits per heavy atom. The Bertz CT molecular complexity index is 684. The Balaban J connectivity index is 1.89. The van der Waals surface area contributed by atoms with Crippen molar-refractivity contribution in [1.29, 1.82) is 0 Å². The summed E-state index contributed by atoms with van der Waals surface area (Å²) in [7, 11) is 0. The molecule has 5 nitrogen and oxygen atoms in total. The van der Waals surface area contributed by atoms with Crippen molar-refractivity contribution in [3.63, 3.8) is 0 Å². The standard InChI is InChI=1S/C17H16FNO4.2Pb/c1-12(20)19-9-8-15(11-16(19)17(21)22)23-10-2-3-13-4-6-14(18)7-5-13;;/h1,4-7,15-16H,8-11H2,(H,21,22);;. The maximum atomic E-state index is 12.8. The molecule has 0 spiro atoms. The third-order valence-corrected chi connectivity index (χ3v) is 5.76. The third-order valence-electron chi connectivity index (χ3n) is 3.84. The Labute approximate surface area is 177 Å². The van der Waals surface area contributed by atoms with Crippen LogP contribution in [0.2, 0.25) is 1.04 Å². The number of carbonyl (C=O) groups excluding carboxylic acids is 1. The van der Waals surface area contributed by atoms with Gasteiger partial charge < -0.3 is 0 Å². The number of hydrogen-bond donors (Lipinski definition) is 1. The average Bonchev–Trinajstić information content (AvgIpc) is 2.59. The molecule has 1 aromatic carbocycles. The summed E-state index contributed by atoms with van der Waals surface area (Å²) in [5, 5.41) is 9.41. The Kier molecular flexibility index (Phi) is 8.27. The van der Waals surface area contributed by atoms with Gasteiger partial charge in [-0.25, -0.2) is 4.39 Å². The van der Waals surface area contributed by atoms with Crippen LogP contribution in [-0.2, 0) is 14.3 Å². The van der Waals surface area contributed by atoms with Crippen LogP contribution in [0.15, 0.2) is 24.3 Å². The van der Waals surface area contributed by atoms with Crippen molar-refractivity contribution in [1.82, 2.24) is 4.90 Å². The van der Waals surface area contributed by atoms with E-state index >= 15 is 0 Å². The first-order valence-corrected chi connectivity index (χ1v) is 12.2. The molecule has 1 N–H and O–H groups in total. The average molecular weight is 732 g/mol. The number of piperidine rings is 1. The predicted octanol–water partition coefficient (Wildman–Crippen LogP) is 0.721. The number of carbonyl (C=O) groups is 2. The number of carboxylic acid groups (broad SMARTS) is 1. The topological polar surface area (TPSA) is 66.8 Å². The summed E-state index contributed by atoms with van der Waals surface area (Å²) in [6.07, 6.45) is 0.674. The number of halogens is 1. The number of benzene rings is 1. The van der Waals surface area contributed by atoms with Crippen molar-refractivity contribution in [3.05, 3.63) is 35.6 Å². The van der Waals surface area contributed by atoms with Crippen molar-refractivity contribution in [2.75, 3.05) is 13.2 Å². The van der Waals surface area contributed by atoms with E-state index < -0.39 is 12.0 Å². The van der Waals surface area contributed by atoms with Crippen molar-refractivity contribution in [2.24, 2.45) is 0 Å². The van der Waals surface area contributed by atoms with Gasteiger partial charge in [0.1, 0.15) is 5.82 Å². The van der Waals surface area contributed by atoms with E-state index in [2.05, 4.69) is 11.8 Å². The fraction of sp³-hybridized carbons (Fsp3) is 0.412. The zero-order chi connectivity index (χ0) is 18.4. The van der Waals surface area contributed by atoms with E-state index in [1.165, 1.54) is 17.0 Å². The fourth-order valence-corrected chi connectivity index (χ4v) is 3.87. The molecule has 25 heavy (non-hydrogen) atoms. The summed E-state index contributed by atoms with van der Waals surface area (Å²) in [5.74, 6) is 4.41. The first-order valence-electron chi connectivity index (χ1n) is 7.70. The van der Waals surface area contributed by atoms with Crippen LogP contribution in [0.3, 0.4) is 0 Å². The molecule has 0 aromatic heterocycles. The summed E-state index contributed by atoms with van der Waals surface area (Å²) >= 11 is 1.52. The number of carboxylic acids is 1. The molecule has 1 aromatic rings. The molecule has 0 aliphatic carbocycles. The third kappa shape index (κ3) is 6.28. The number of nitrogens with zero attached hydrogens (tertiary/aromatic N) is 1. The molecule has 1 aliphatic rings. The molecule has 1 fully saturated rings. The van der Waals surface area contributed by atoms with E-state index in [1.807, 2.05) is 0 Å². The van der Waals surface area contributed by atoms with Crippen LogP contribution in [0.5, 0.6) is 0 Å². The van der Waals surface area contributed by atoms with Gasteiger partial charge >= 0.3 is 156 Å². The van der Waals surface area contributed by atoms with Crippen molar-refractivity contribution >= 4 is 63.4 Å². The molecule has 0 saturated carbocycles. The van der Waals surface area contributed by atoms with Crippen molar-refractivity contribution in [2.45, 2.75) is 26.0 Å². The van der Waals surface area contributed by atoms with Crippen LogP contribution in [0, 0.1) is 17.7 Å². The van der Waals surface area contributed by atoms with Gasteiger partial charge in [-0.1, -0.05) is 0 Å². The van der Waals surface area contributed by atoms with Crippen molar-refractivity contribution < 1.29 is 23.8 Å². The Morgan fingerprint density at radius 1 is 1.36 bits per heavy atom. The van der Waals surface area contributed by atoms with Gasteiger partial charge in [0.15, 0.2) is 0 Å². The van der Waals surface area contributed by atoms with Gasteiger partial charge in [0.25, 0.3) is 0 Å². The summed E-state index contributed by atoms with van der Waals surface area (Å²) in [5.41, 5.74) is 0.694. The van der Waals surface area contributed by atoms with Crippen LogP contribution >= 0.6 is 0 Å². The molecule has 2 atom stereocenters. The monoisotopic (exact) mass is 733 g/mol. The van der Waals surface area contributed by atoms with Gasteiger partial charge in [0.05, 0.1) is 0 Å². The van der Waals surface area contributed by atoms with Gasteiger partial charge in [-0.15, -0.1) is 0 Å². The molecule has 2 unspecified atom stereocenters. The summed E-state index contributed by atoms with van der Waals surface area (Å²) in [6.45, 7) is 0.583. The van der Waals surface area contributed by atoms with E-state index in [-0.39, 0.29) is 31.9 Å². The molecule has 128 valence electrons. The summed E-state index contributed by atoms with van der Waals surface area (Å²) in [4.78, 5) is 25.2. The molecule has 1 saturated heterocycles. The number of amides is 1. The normalized spacial score (nSPS) is 20.1. The first kappa shape index (κ1) is 20.8. The second kappa shape index (κ2) is 9.96. The number of aliphatic carboxylic acids is 1. The second-order valence-corrected chi connectivity index (χ2v) is 18.8. The number of hydrogen-bond acceptors (Lipinski definition) is 3. The van der Waals surface area contributed by atoms with Crippen LogP contribution in [0.1, 0.15) is 18.4 Å². The first-order chi connectivity index (χ1) is 11.9. The van der Waals surface area contributed by atoms with E-state index in [4.69, 9.17) is 4.74 Å². The predicted molar refractivity (Wildman–Crippen MR) is 90.6 cm³/mol. The number of likely N-dealkylation sites (tertiary alicyclic amines) is 1. The van der Waals surface area contributed by atoms with Gasteiger partial charge in [-0.05, 0) is 12.1 Å². The van der Waals surface area contributed by atoms with E-state index in [0.29, 0.717) is 18.5 Å². The fourth-order valence-electron chi connectivity index (χ4n) is 2.58. The number of rotatable bonds is 4. The molecular weight excluding hydrogens is 716 g/mol. The SMILES string of the molecule is O=C(O)C1CC(OCC#Cc2ccc(F)cc2)CCN1C(=O)[CH]([Pb])[Pb]. The van der Waals surface area contributed by atoms with E-state index in [1.54, 1.807) is 12.1 Å². The molecule has 6 radical (unpaired) electrons. The molecule has 2 rings (SSSR count). The van der Waals surface area contributed by atoms with Gasteiger partial charge in [-0.2, -0.15) is 0 Å². The van der Waals surface area contributed by atoms with E-state index in [9.17, 15) is 19.1 Å². The number of ether oxygens (including phenoxy) is 1. The van der Waals surface area contributed by atoms with Gasteiger partial charge in [0.2, 0.25) is 0 Å². The summed E-state index contributed by atoms with van der Waals surface area (Å²) < 4.78 is 18.5. The minimum absolute atomic E-state index is 0.0275. The molecular formula is C17H16FNO4Pb2. The Morgan fingerprint density at radius 2 is 2.04 bits per heavy atom. The van der Waals surface area contributed by atoms with Gasteiger partial charge in [-0.3, -0.25) is 0 Å². The van der Waals surface area contributed by atoms with Crippen LogP contribution in [-0.4, -0.2) is 98.7 Å². The second-order valence-electron chi connectivity index (χ2n) is 5.58. The maximum absolute atomic E-state index is 12.8. The molecule has 0 bridgehead atoms. The van der Waals surface area contributed by atoms with Gasteiger partial charge in [0, 0.05) is 0 Å². The summed E-state index contributed by atoms with van der Waals surface area (Å²) in [6, 6.07) is 5.05. The molecule has 1 aliphatic heterocycles. The van der Waals surface area contributed by atoms with Crippen LogP contribution in [0.4, 0.5) is 4.39 Å². The van der Waals surface area contributed by atoms with E-state index in [0.717, 1.165) is 51.5 Å². The molecule has 1 heterocycles. The van der Waals surface area contributed by atoms with Crippen LogP contribution in [0.25, 0.3) is 0 Å². The zero-order valence-electron chi connectivity index (χ0n) is 13.4. The van der Waals surface area contributed by atoms with Crippen LogP contribution < -0.4 is 0 Å². The minimum atomic E-state index is -0.983. The van der Waals surface area contributed by atoms with Crippen molar-refractivity contribution in [3.8, 4) is 11.8 Å². The zero-order valence-corrected chi connectivity index (χ0v) is 21.1. The quantitative estimate of drug-likeness (QED) is 0.367. The Hall–Kier alpha value is -0.546. The molecule has 1 amide bonds. The molecule has 8 heteroatoms.